The zero-order chi connectivity index (χ0) is 15.4. The first-order valence-electron chi connectivity index (χ1n) is 5.90. The minimum Gasteiger partial charge on any atom is -0.508 e. The molecule has 0 aromatic heterocycles. The van der Waals surface area contributed by atoms with Crippen LogP contribution in [0.4, 0.5) is 5.69 Å². The maximum absolute atomic E-state index is 10.6. The molecule has 6 nitrogen and oxygen atoms in total. The van der Waals surface area contributed by atoms with Crippen molar-refractivity contribution in [2.24, 2.45) is 0 Å². The van der Waals surface area contributed by atoms with E-state index in [1.54, 1.807) is 0 Å². The van der Waals surface area contributed by atoms with Crippen LogP contribution < -0.4 is 0 Å². The number of allylic oxidation sites excluding steroid dienone is 1. The monoisotopic (exact) mass is 282 g/mol. The summed E-state index contributed by atoms with van der Waals surface area (Å²) in [4.78, 5) is 10.1. The van der Waals surface area contributed by atoms with E-state index >= 15 is 0 Å². The number of aromatic hydroxyl groups is 2. The zero-order valence-corrected chi connectivity index (χ0v) is 10.7. The molecule has 0 aliphatic carbocycles. The molecule has 0 fully saturated rings. The Morgan fingerprint density at radius 3 is 2.38 bits per heavy atom. The van der Waals surface area contributed by atoms with Gasteiger partial charge in [-0.1, -0.05) is 0 Å². The van der Waals surface area contributed by atoms with Gasteiger partial charge in [0.25, 0.3) is 5.69 Å². The van der Waals surface area contributed by atoms with Crippen LogP contribution in [-0.4, -0.2) is 15.1 Å². The molecular weight excluding hydrogens is 272 g/mol. The van der Waals surface area contributed by atoms with Gasteiger partial charge in [0.2, 0.25) is 0 Å². The van der Waals surface area contributed by atoms with Gasteiger partial charge in [-0.25, -0.2) is 0 Å². The average Bonchev–Trinajstić information content (AvgIpc) is 2.47. The van der Waals surface area contributed by atoms with E-state index in [-0.39, 0.29) is 22.8 Å². The fraction of sp³-hybridized carbons (Fsp3) is 0. The molecule has 0 spiro atoms. The third-order valence-electron chi connectivity index (χ3n) is 2.82. The van der Waals surface area contributed by atoms with Gasteiger partial charge in [-0.05, 0) is 35.9 Å². The second kappa shape index (κ2) is 5.75. The average molecular weight is 282 g/mol. The van der Waals surface area contributed by atoms with Crippen LogP contribution in [-0.2, 0) is 0 Å². The number of phenolic OH excluding ortho intramolecular Hbond substituents is 2. The number of non-ortho nitro benzene ring substituents is 1. The Kier molecular flexibility index (Phi) is 3.86. The number of benzene rings is 2. The van der Waals surface area contributed by atoms with Gasteiger partial charge in [0.15, 0.2) is 0 Å². The van der Waals surface area contributed by atoms with Crippen molar-refractivity contribution in [3.05, 3.63) is 63.7 Å². The van der Waals surface area contributed by atoms with Gasteiger partial charge in [-0.2, -0.15) is 5.26 Å². The van der Waals surface area contributed by atoms with Crippen LogP contribution in [0, 0.1) is 21.4 Å². The number of rotatable bonds is 3. The standard InChI is InChI=1S/C15H10N2O4/c16-9-12(7-11-3-6-14(18)8-15(11)19)10-1-4-13(5-2-10)17(20)21/h1-8,18-19H/b12-7+. The van der Waals surface area contributed by atoms with Crippen molar-refractivity contribution in [2.45, 2.75) is 0 Å². The minimum absolute atomic E-state index is 0.0662. The normalized spacial score (nSPS) is 10.9. The molecule has 0 bridgehead atoms. The van der Waals surface area contributed by atoms with Crippen molar-refractivity contribution in [3.8, 4) is 17.6 Å². The number of hydrogen-bond donors (Lipinski definition) is 2. The van der Waals surface area contributed by atoms with Crippen molar-refractivity contribution in [1.82, 2.24) is 0 Å². The van der Waals surface area contributed by atoms with Crippen molar-refractivity contribution < 1.29 is 15.1 Å². The quantitative estimate of drug-likeness (QED) is 0.389. The van der Waals surface area contributed by atoms with Gasteiger partial charge in [-0.3, -0.25) is 10.1 Å². The predicted molar refractivity (Wildman–Crippen MR) is 76.4 cm³/mol. The zero-order valence-electron chi connectivity index (χ0n) is 10.7. The fourth-order valence-electron chi connectivity index (χ4n) is 1.75. The molecule has 2 aromatic rings. The topological polar surface area (TPSA) is 107 Å². The van der Waals surface area contributed by atoms with Crippen LogP contribution in [0.5, 0.6) is 11.5 Å². The second-order valence-corrected chi connectivity index (χ2v) is 4.22. The summed E-state index contributed by atoms with van der Waals surface area (Å²) in [7, 11) is 0. The number of nitrogens with zero attached hydrogens (tertiary/aromatic N) is 2. The molecule has 2 rings (SSSR count). The van der Waals surface area contributed by atoms with Crippen molar-refractivity contribution >= 4 is 17.3 Å². The smallest absolute Gasteiger partial charge is 0.269 e. The molecular formula is C15H10N2O4. The molecule has 0 amide bonds. The molecule has 104 valence electrons. The summed E-state index contributed by atoms with van der Waals surface area (Å²) in [6.07, 6.45) is 1.44. The lowest BCUT2D eigenvalue weighted by Gasteiger charge is -2.02. The van der Waals surface area contributed by atoms with Gasteiger partial charge in [0.05, 0.1) is 16.6 Å². The van der Waals surface area contributed by atoms with E-state index in [0.717, 1.165) is 6.07 Å². The number of nitro benzene ring substituents is 1. The van der Waals surface area contributed by atoms with Crippen LogP contribution in [0.3, 0.4) is 0 Å². The first-order valence-corrected chi connectivity index (χ1v) is 5.90. The summed E-state index contributed by atoms with van der Waals surface area (Å²) in [6, 6.07) is 11.5. The summed E-state index contributed by atoms with van der Waals surface area (Å²) in [5.41, 5.74) is 1.03. The Morgan fingerprint density at radius 2 is 1.86 bits per heavy atom. The number of phenols is 2. The van der Waals surface area contributed by atoms with E-state index in [2.05, 4.69) is 0 Å². The van der Waals surface area contributed by atoms with E-state index in [9.17, 15) is 25.6 Å². The molecule has 0 radical (unpaired) electrons. The summed E-state index contributed by atoms with van der Waals surface area (Å²) in [6.45, 7) is 0. The highest BCUT2D eigenvalue weighted by Gasteiger charge is 2.08. The highest BCUT2D eigenvalue weighted by molar-refractivity contribution is 5.90. The molecule has 0 unspecified atom stereocenters. The fourth-order valence-corrected chi connectivity index (χ4v) is 1.75. The van der Waals surface area contributed by atoms with Crippen LogP contribution in [0.15, 0.2) is 42.5 Å². The molecule has 2 aromatic carbocycles. The first-order chi connectivity index (χ1) is 10.0. The van der Waals surface area contributed by atoms with Gasteiger partial charge in [-0.15, -0.1) is 0 Å². The van der Waals surface area contributed by atoms with E-state index < -0.39 is 4.92 Å². The summed E-state index contributed by atoms with van der Waals surface area (Å²) in [5.74, 6) is -0.247. The molecule has 0 aliphatic rings. The molecule has 0 saturated heterocycles. The van der Waals surface area contributed by atoms with E-state index in [1.165, 1.54) is 42.5 Å². The van der Waals surface area contributed by atoms with Gasteiger partial charge in [0.1, 0.15) is 11.5 Å². The Morgan fingerprint density at radius 1 is 1.19 bits per heavy atom. The predicted octanol–water partition coefficient (Wildman–Crippen LogP) is 3.07. The Labute approximate surface area is 120 Å². The number of nitro groups is 1. The number of nitriles is 1. The number of hydrogen-bond acceptors (Lipinski definition) is 5. The minimum atomic E-state index is -0.522. The van der Waals surface area contributed by atoms with E-state index in [4.69, 9.17) is 0 Å². The summed E-state index contributed by atoms with van der Waals surface area (Å²) < 4.78 is 0. The molecule has 0 atom stereocenters. The maximum atomic E-state index is 10.6. The molecule has 0 aliphatic heterocycles. The van der Waals surface area contributed by atoms with Crippen molar-refractivity contribution in [3.63, 3.8) is 0 Å². The lowest BCUT2D eigenvalue weighted by molar-refractivity contribution is -0.384. The highest BCUT2D eigenvalue weighted by atomic mass is 16.6. The largest absolute Gasteiger partial charge is 0.508 e. The van der Waals surface area contributed by atoms with Gasteiger partial charge < -0.3 is 10.2 Å². The Bertz CT molecular complexity index is 758. The van der Waals surface area contributed by atoms with Crippen molar-refractivity contribution in [1.29, 1.82) is 5.26 Å². The summed E-state index contributed by atoms with van der Waals surface area (Å²) in [5, 5.41) is 38.7. The summed E-state index contributed by atoms with van der Waals surface area (Å²) >= 11 is 0. The van der Waals surface area contributed by atoms with Gasteiger partial charge in [0, 0.05) is 23.8 Å². The molecule has 0 heterocycles. The van der Waals surface area contributed by atoms with Crippen LogP contribution in [0.25, 0.3) is 11.6 Å². The molecule has 2 N–H and O–H groups in total. The lowest BCUT2D eigenvalue weighted by Crippen LogP contribution is -1.88. The Balaban J connectivity index is 2.41. The van der Waals surface area contributed by atoms with E-state index in [0.29, 0.717) is 11.1 Å². The first kappa shape index (κ1) is 14.1. The maximum Gasteiger partial charge on any atom is 0.269 e. The third-order valence-corrected chi connectivity index (χ3v) is 2.82. The highest BCUT2D eigenvalue weighted by Crippen LogP contribution is 2.27. The Hall–Kier alpha value is -3.33. The third kappa shape index (κ3) is 3.16. The van der Waals surface area contributed by atoms with Crippen molar-refractivity contribution in [2.75, 3.05) is 0 Å². The molecule has 0 saturated carbocycles. The second-order valence-electron chi connectivity index (χ2n) is 4.22. The van der Waals surface area contributed by atoms with Crippen LogP contribution in [0.1, 0.15) is 11.1 Å². The lowest BCUT2D eigenvalue weighted by atomic mass is 10.0. The van der Waals surface area contributed by atoms with E-state index in [1.807, 2.05) is 6.07 Å². The van der Waals surface area contributed by atoms with Crippen LogP contribution >= 0.6 is 0 Å². The van der Waals surface area contributed by atoms with Crippen LogP contribution in [0.2, 0.25) is 0 Å². The molecule has 21 heavy (non-hydrogen) atoms. The molecule has 6 heteroatoms. The van der Waals surface area contributed by atoms with Gasteiger partial charge >= 0.3 is 0 Å². The SMILES string of the molecule is N#C/C(=C\c1ccc(O)cc1O)c1ccc([N+](=O)[O-])cc1.